The average Bonchev–Trinajstić information content (AvgIpc) is 3.18. The minimum absolute atomic E-state index is 0.0822. The van der Waals surface area contributed by atoms with Crippen LogP contribution in [0.25, 0.3) is 11.3 Å². The summed E-state index contributed by atoms with van der Waals surface area (Å²) < 4.78 is 49.7. The largest absolute Gasteiger partial charge is 0.416 e. The van der Waals surface area contributed by atoms with Gasteiger partial charge in [0, 0.05) is 37.4 Å². The Morgan fingerprint density at radius 1 is 1.18 bits per heavy atom. The maximum atomic E-state index is 13.0. The fraction of sp³-hybridized carbons (Fsp3) is 0.565. The van der Waals surface area contributed by atoms with E-state index in [0.717, 1.165) is 12.1 Å². The maximum absolute atomic E-state index is 13.0. The zero-order valence-electron chi connectivity index (χ0n) is 19.0. The molecule has 1 aromatic heterocycles. The predicted octanol–water partition coefficient (Wildman–Crippen LogP) is 3.91. The van der Waals surface area contributed by atoms with Crippen LogP contribution in [0.2, 0.25) is 0 Å². The van der Waals surface area contributed by atoms with Crippen LogP contribution >= 0.6 is 0 Å². The molecule has 0 bridgehead atoms. The van der Waals surface area contributed by atoms with E-state index in [9.17, 15) is 23.1 Å². The smallest absolute Gasteiger partial charge is 0.393 e. The Morgan fingerprint density at radius 3 is 2.39 bits per heavy atom. The van der Waals surface area contributed by atoms with Gasteiger partial charge in [-0.1, -0.05) is 17.3 Å². The molecule has 0 radical (unpaired) electrons. The van der Waals surface area contributed by atoms with Gasteiger partial charge in [-0.3, -0.25) is 4.79 Å². The van der Waals surface area contributed by atoms with Crippen LogP contribution < -0.4 is 10.6 Å². The first-order valence-corrected chi connectivity index (χ1v) is 10.9. The van der Waals surface area contributed by atoms with Crippen molar-refractivity contribution >= 4 is 5.91 Å². The Bertz CT molecular complexity index is 933. The number of rotatable bonds is 8. The molecular weight excluding hydrogens is 439 g/mol. The highest BCUT2D eigenvalue weighted by Crippen LogP contribution is 2.33. The lowest BCUT2D eigenvalue weighted by Gasteiger charge is -2.26. The standard InChI is InChI=1S/C23H30F3N3O4/c1-22(2,32-3)13-27-12-18-19(21(31)28-16-8-10-17(30)11-9-16)29-33-20(18)14-4-6-15(7-5-14)23(24,25)26/h4-7,16-17,27,30H,8-13H2,1-3H3,(H,28,31). The Balaban J connectivity index is 1.84. The monoisotopic (exact) mass is 469 g/mol. The summed E-state index contributed by atoms with van der Waals surface area (Å²) in [6.45, 7) is 4.46. The van der Waals surface area contributed by atoms with E-state index < -0.39 is 23.2 Å². The number of ether oxygens (including phenoxy) is 1. The fourth-order valence-corrected chi connectivity index (χ4v) is 3.72. The van der Waals surface area contributed by atoms with Crippen LogP contribution in [0.4, 0.5) is 13.2 Å². The summed E-state index contributed by atoms with van der Waals surface area (Å²) in [5.41, 5.74) is -0.312. The van der Waals surface area contributed by atoms with Gasteiger partial charge in [-0.05, 0) is 51.7 Å². The summed E-state index contributed by atoms with van der Waals surface area (Å²) in [6.07, 6.45) is -2.25. The molecule has 10 heteroatoms. The molecule has 1 fully saturated rings. The molecule has 0 spiro atoms. The number of methoxy groups -OCH3 is 1. The maximum Gasteiger partial charge on any atom is 0.416 e. The number of hydrogen-bond acceptors (Lipinski definition) is 6. The van der Waals surface area contributed by atoms with Gasteiger partial charge in [0.25, 0.3) is 5.91 Å². The Kier molecular flexibility index (Phi) is 7.81. The number of nitrogens with zero attached hydrogens (tertiary/aromatic N) is 1. The third kappa shape index (κ3) is 6.55. The molecule has 1 amide bonds. The lowest BCUT2D eigenvalue weighted by atomic mass is 9.93. The van der Waals surface area contributed by atoms with Gasteiger partial charge in [0.2, 0.25) is 0 Å². The summed E-state index contributed by atoms with van der Waals surface area (Å²) in [5.74, 6) is -0.184. The van der Waals surface area contributed by atoms with E-state index in [1.165, 1.54) is 12.1 Å². The molecule has 2 aromatic rings. The van der Waals surface area contributed by atoms with Gasteiger partial charge in [0.15, 0.2) is 11.5 Å². The lowest BCUT2D eigenvalue weighted by molar-refractivity contribution is -0.137. The number of carbonyl (C=O) groups is 1. The number of aromatic nitrogens is 1. The van der Waals surface area contributed by atoms with Crippen LogP contribution in [-0.4, -0.2) is 47.6 Å². The molecule has 7 nitrogen and oxygen atoms in total. The van der Waals surface area contributed by atoms with Crippen molar-refractivity contribution in [3.63, 3.8) is 0 Å². The van der Waals surface area contributed by atoms with Crippen LogP contribution in [0.5, 0.6) is 0 Å². The van der Waals surface area contributed by atoms with E-state index in [0.29, 0.717) is 43.4 Å². The first kappa shape index (κ1) is 25.2. The van der Waals surface area contributed by atoms with Crippen molar-refractivity contribution in [1.82, 2.24) is 15.8 Å². The van der Waals surface area contributed by atoms with Crippen LogP contribution in [0.1, 0.15) is 61.1 Å². The molecule has 33 heavy (non-hydrogen) atoms. The van der Waals surface area contributed by atoms with Crippen molar-refractivity contribution in [2.24, 2.45) is 0 Å². The van der Waals surface area contributed by atoms with Gasteiger partial charge in [0.05, 0.1) is 17.3 Å². The third-order valence-electron chi connectivity index (χ3n) is 5.91. The molecule has 0 unspecified atom stereocenters. The molecule has 3 rings (SSSR count). The molecule has 0 saturated heterocycles. The van der Waals surface area contributed by atoms with Gasteiger partial charge >= 0.3 is 6.18 Å². The van der Waals surface area contributed by atoms with Crippen molar-refractivity contribution in [2.75, 3.05) is 13.7 Å². The summed E-state index contributed by atoms with van der Waals surface area (Å²) in [7, 11) is 1.59. The molecule has 1 aliphatic rings. The lowest BCUT2D eigenvalue weighted by Crippen LogP contribution is -2.39. The van der Waals surface area contributed by atoms with Gasteiger partial charge in [0.1, 0.15) is 0 Å². The first-order chi connectivity index (χ1) is 15.5. The van der Waals surface area contributed by atoms with Crippen LogP contribution in [0, 0.1) is 0 Å². The number of alkyl halides is 3. The van der Waals surface area contributed by atoms with E-state index >= 15 is 0 Å². The number of carbonyl (C=O) groups excluding carboxylic acids is 1. The third-order valence-corrected chi connectivity index (χ3v) is 5.91. The molecule has 182 valence electrons. The molecular formula is C23H30F3N3O4. The number of hydrogen-bond donors (Lipinski definition) is 3. The van der Waals surface area contributed by atoms with Gasteiger partial charge < -0.3 is 25.0 Å². The molecule has 3 N–H and O–H groups in total. The van der Waals surface area contributed by atoms with E-state index in [-0.39, 0.29) is 30.1 Å². The Hall–Kier alpha value is -2.43. The zero-order valence-corrected chi connectivity index (χ0v) is 19.0. The van der Waals surface area contributed by atoms with Crippen LogP contribution in [-0.2, 0) is 17.5 Å². The van der Waals surface area contributed by atoms with Crippen molar-refractivity contribution in [3.8, 4) is 11.3 Å². The highest BCUT2D eigenvalue weighted by molar-refractivity contribution is 5.95. The fourth-order valence-electron chi connectivity index (χ4n) is 3.72. The van der Waals surface area contributed by atoms with Gasteiger partial charge in [-0.25, -0.2) is 0 Å². The second kappa shape index (κ2) is 10.2. The normalized spacial score (nSPS) is 19.5. The number of nitrogens with one attached hydrogen (secondary N) is 2. The summed E-state index contributed by atoms with van der Waals surface area (Å²) in [4.78, 5) is 13.0. The topological polar surface area (TPSA) is 96.6 Å². The predicted molar refractivity (Wildman–Crippen MR) is 115 cm³/mol. The SMILES string of the molecule is COC(C)(C)CNCc1c(C(=O)NC2CCC(O)CC2)noc1-c1ccc(C(F)(F)F)cc1. The first-order valence-electron chi connectivity index (χ1n) is 10.9. The Morgan fingerprint density at radius 2 is 1.82 bits per heavy atom. The Labute approximate surface area is 190 Å². The minimum Gasteiger partial charge on any atom is -0.393 e. The van der Waals surface area contributed by atoms with Crippen molar-refractivity contribution in [1.29, 1.82) is 0 Å². The van der Waals surface area contributed by atoms with E-state index in [1.807, 2.05) is 13.8 Å². The summed E-state index contributed by atoms with van der Waals surface area (Å²) >= 11 is 0. The number of aliphatic hydroxyl groups excluding tert-OH is 1. The number of benzene rings is 1. The minimum atomic E-state index is -4.45. The highest BCUT2D eigenvalue weighted by atomic mass is 19.4. The second-order valence-corrected chi connectivity index (χ2v) is 8.96. The van der Waals surface area contributed by atoms with Crippen molar-refractivity contribution < 1.29 is 32.3 Å². The molecule has 1 aromatic carbocycles. The van der Waals surface area contributed by atoms with Crippen molar-refractivity contribution in [2.45, 2.75) is 70.0 Å². The quantitative estimate of drug-likeness (QED) is 0.543. The van der Waals surface area contributed by atoms with E-state index in [2.05, 4.69) is 15.8 Å². The molecule has 1 aliphatic carbocycles. The zero-order chi connectivity index (χ0) is 24.2. The van der Waals surface area contributed by atoms with Crippen LogP contribution in [0.3, 0.4) is 0 Å². The van der Waals surface area contributed by atoms with Gasteiger partial charge in [-0.2, -0.15) is 13.2 Å². The van der Waals surface area contributed by atoms with E-state index in [1.54, 1.807) is 7.11 Å². The van der Waals surface area contributed by atoms with Gasteiger partial charge in [-0.15, -0.1) is 0 Å². The summed E-state index contributed by atoms with van der Waals surface area (Å²) in [5, 5.41) is 19.8. The van der Waals surface area contributed by atoms with Crippen LogP contribution in [0.15, 0.2) is 28.8 Å². The average molecular weight is 470 g/mol. The highest BCUT2D eigenvalue weighted by Gasteiger charge is 2.31. The second-order valence-electron chi connectivity index (χ2n) is 8.96. The molecule has 0 atom stereocenters. The molecule has 1 heterocycles. The van der Waals surface area contributed by atoms with Crippen molar-refractivity contribution in [3.05, 3.63) is 41.1 Å². The number of amides is 1. The molecule has 0 aliphatic heterocycles. The van der Waals surface area contributed by atoms with E-state index in [4.69, 9.17) is 9.26 Å². The molecule has 1 saturated carbocycles. The number of aliphatic hydroxyl groups is 1. The summed E-state index contributed by atoms with van der Waals surface area (Å²) in [6, 6.07) is 4.46. The number of halogens is 3.